The second-order valence-corrected chi connectivity index (χ2v) is 7.48. The number of nitrogens with zero attached hydrogens (tertiary/aromatic N) is 2. The van der Waals surface area contributed by atoms with Crippen LogP contribution in [0.1, 0.15) is 36.9 Å². The van der Waals surface area contributed by atoms with E-state index < -0.39 is 11.8 Å². The van der Waals surface area contributed by atoms with E-state index >= 15 is 0 Å². The summed E-state index contributed by atoms with van der Waals surface area (Å²) in [6.45, 7) is 2.59. The number of nitrogens with one attached hydrogen (secondary N) is 2. The van der Waals surface area contributed by atoms with Crippen molar-refractivity contribution in [2.45, 2.75) is 25.8 Å². The van der Waals surface area contributed by atoms with Gasteiger partial charge in [-0.15, -0.1) is 0 Å². The van der Waals surface area contributed by atoms with Crippen LogP contribution in [0.25, 0.3) is 0 Å². The number of pyridine rings is 1. The first-order chi connectivity index (χ1) is 12.9. The number of likely N-dealkylation sites (tertiary alicyclic amines) is 1. The lowest BCUT2D eigenvalue weighted by Crippen LogP contribution is -2.46. The number of piperidine rings is 1. The van der Waals surface area contributed by atoms with E-state index in [-0.39, 0.29) is 28.8 Å². The maximum absolute atomic E-state index is 12.9. The van der Waals surface area contributed by atoms with E-state index in [1.54, 1.807) is 16.2 Å². The summed E-state index contributed by atoms with van der Waals surface area (Å²) in [5.74, 6) is -0.970. The average molecular weight is 386 g/mol. The molecule has 2 aromatic rings. The molecular formula is C18H22N6O2S. The Hall–Kier alpha value is -2.94. The van der Waals surface area contributed by atoms with E-state index in [2.05, 4.69) is 17.2 Å². The molecule has 0 unspecified atom stereocenters. The molecule has 0 saturated carbocycles. The molecule has 0 aromatic carbocycles. The molecule has 0 aliphatic carbocycles. The number of carbonyl (C=O) groups is 2. The van der Waals surface area contributed by atoms with E-state index in [4.69, 9.17) is 16.9 Å². The summed E-state index contributed by atoms with van der Waals surface area (Å²) in [6.07, 6.45) is 4.08. The van der Waals surface area contributed by atoms with Crippen molar-refractivity contribution in [3.05, 3.63) is 34.2 Å². The van der Waals surface area contributed by atoms with Crippen molar-refractivity contribution >= 4 is 46.6 Å². The lowest BCUT2D eigenvalue weighted by atomic mass is 9.91. The predicted octanol–water partition coefficient (Wildman–Crippen LogP) is 2.24. The Morgan fingerprint density at radius 1 is 1.41 bits per heavy atom. The van der Waals surface area contributed by atoms with Gasteiger partial charge in [-0.2, -0.15) is 11.3 Å². The zero-order valence-corrected chi connectivity index (χ0v) is 15.8. The topological polar surface area (TPSA) is 138 Å². The third-order valence-corrected chi connectivity index (χ3v) is 5.48. The molecule has 3 heterocycles. The molecule has 0 radical (unpaired) electrons. The molecule has 3 rings (SSSR count). The van der Waals surface area contributed by atoms with Crippen molar-refractivity contribution < 1.29 is 9.59 Å². The van der Waals surface area contributed by atoms with Crippen molar-refractivity contribution in [3.8, 4) is 0 Å². The van der Waals surface area contributed by atoms with Crippen molar-refractivity contribution in [2.24, 2.45) is 5.92 Å². The van der Waals surface area contributed by atoms with Gasteiger partial charge in [-0.1, -0.05) is 6.92 Å². The summed E-state index contributed by atoms with van der Waals surface area (Å²) < 4.78 is 0. The van der Waals surface area contributed by atoms with Crippen LogP contribution in [0.5, 0.6) is 0 Å². The molecule has 142 valence electrons. The van der Waals surface area contributed by atoms with Crippen LogP contribution in [0.2, 0.25) is 0 Å². The highest BCUT2D eigenvalue weighted by molar-refractivity contribution is 7.08. The highest BCUT2D eigenvalue weighted by Crippen LogP contribution is 2.34. The Morgan fingerprint density at radius 3 is 2.85 bits per heavy atom. The highest BCUT2D eigenvalue weighted by atomic mass is 32.1. The fraction of sp³-hybridized carbons (Fsp3) is 0.333. The number of nitrogen functional groups attached to an aromatic ring is 2. The van der Waals surface area contributed by atoms with Gasteiger partial charge in [0.05, 0.1) is 29.2 Å². The third-order valence-electron chi connectivity index (χ3n) is 4.78. The van der Waals surface area contributed by atoms with Gasteiger partial charge in [0.15, 0.2) is 0 Å². The summed E-state index contributed by atoms with van der Waals surface area (Å²) in [5.41, 5.74) is 13.1. The van der Waals surface area contributed by atoms with Crippen molar-refractivity contribution in [1.82, 2.24) is 9.88 Å². The standard InChI is InChI=1S/C18H22N6O2S/c1-10-2-3-14(11-4-5-27-9-11)24(8-10)18(26)17(25)23-13-7-22-16(21)12(6-19)15(13)20/h4-7,9-10,14,19H,2-3,8H2,1H3,(H,23,25)(H4,20,21,22)/t10-,14+/m0/s1. The van der Waals surface area contributed by atoms with Gasteiger partial charge >= 0.3 is 11.8 Å². The normalized spacial score (nSPS) is 19.5. The van der Waals surface area contributed by atoms with Crippen LogP contribution in [0, 0.1) is 11.3 Å². The van der Waals surface area contributed by atoms with Crippen molar-refractivity contribution in [3.63, 3.8) is 0 Å². The smallest absolute Gasteiger partial charge is 0.314 e. The molecule has 8 nitrogen and oxygen atoms in total. The minimum Gasteiger partial charge on any atom is -0.396 e. The maximum atomic E-state index is 12.9. The van der Waals surface area contributed by atoms with E-state index in [1.807, 2.05) is 16.8 Å². The second kappa shape index (κ2) is 7.75. The van der Waals surface area contributed by atoms with E-state index in [0.29, 0.717) is 12.5 Å². The largest absolute Gasteiger partial charge is 0.396 e. The number of aromatic nitrogens is 1. The Balaban J connectivity index is 1.81. The first-order valence-corrected chi connectivity index (χ1v) is 9.55. The van der Waals surface area contributed by atoms with Gasteiger partial charge < -0.3 is 27.1 Å². The summed E-state index contributed by atoms with van der Waals surface area (Å²) >= 11 is 1.57. The molecule has 1 aliphatic rings. The molecule has 9 heteroatoms. The number of thiophene rings is 1. The lowest BCUT2D eigenvalue weighted by Gasteiger charge is -2.38. The summed E-state index contributed by atoms with van der Waals surface area (Å²) in [4.78, 5) is 31.0. The SMILES string of the molecule is C[C@H]1CC[C@H](c2ccsc2)N(C(=O)C(=O)Nc2cnc(N)c(C=N)c2N)C1. The molecule has 1 saturated heterocycles. The molecule has 1 aliphatic heterocycles. The van der Waals surface area contributed by atoms with Crippen molar-refractivity contribution in [1.29, 1.82) is 5.41 Å². The number of anilines is 3. The van der Waals surface area contributed by atoms with Gasteiger partial charge in [0.2, 0.25) is 0 Å². The zero-order valence-electron chi connectivity index (χ0n) is 14.9. The van der Waals surface area contributed by atoms with E-state index in [9.17, 15) is 9.59 Å². The van der Waals surface area contributed by atoms with E-state index in [1.165, 1.54) is 6.20 Å². The summed E-state index contributed by atoms with van der Waals surface area (Å²) in [6, 6.07) is 1.88. The zero-order chi connectivity index (χ0) is 19.6. The van der Waals surface area contributed by atoms with Gasteiger partial charge in [0, 0.05) is 12.8 Å². The van der Waals surface area contributed by atoms with Gasteiger partial charge in [0.1, 0.15) is 5.82 Å². The molecule has 1 fully saturated rings. The number of carbonyl (C=O) groups excluding carboxylic acids is 2. The molecule has 2 aromatic heterocycles. The predicted molar refractivity (Wildman–Crippen MR) is 107 cm³/mol. The van der Waals surface area contributed by atoms with Crippen LogP contribution in [0.3, 0.4) is 0 Å². The second-order valence-electron chi connectivity index (χ2n) is 6.70. The van der Waals surface area contributed by atoms with Crippen LogP contribution in [-0.4, -0.2) is 34.5 Å². The molecule has 0 bridgehead atoms. The Labute approximate surface area is 161 Å². The Kier molecular flexibility index (Phi) is 5.41. The quantitative estimate of drug-likeness (QED) is 0.473. The van der Waals surface area contributed by atoms with Crippen LogP contribution in [-0.2, 0) is 9.59 Å². The van der Waals surface area contributed by atoms with Gasteiger partial charge in [-0.3, -0.25) is 9.59 Å². The fourth-order valence-electron chi connectivity index (χ4n) is 3.30. The van der Waals surface area contributed by atoms with E-state index in [0.717, 1.165) is 24.6 Å². The fourth-order valence-corrected chi connectivity index (χ4v) is 4.01. The maximum Gasteiger partial charge on any atom is 0.314 e. The minimum absolute atomic E-state index is 0.0919. The van der Waals surface area contributed by atoms with Crippen LogP contribution in [0.4, 0.5) is 17.2 Å². The number of amides is 2. The number of nitrogens with two attached hydrogens (primary N) is 2. The number of rotatable bonds is 3. The minimum atomic E-state index is -0.779. The highest BCUT2D eigenvalue weighted by Gasteiger charge is 2.34. The number of hydrogen-bond donors (Lipinski definition) is 4. The first kappa shape index (κ1) is 18.8. The lowest BCUT2D eigenvalue weighted by molar-refractivity contribution is -0.146. The third kappa shape index (κ3) is 3.77. The Bertz CT molecular complexity index is 867. The first-order valence-electron chi connectivity index (χ1n) is 8.60. The molecule has 0 spiro atoms. The molecule has 2 atom stereocenters. The summed E-state index contributed by atoms with van der Waals surface area (Å²) in [7, 11) is 0. The molecular weight excluding hydrogens is 364 g/mol. The van der Waals surface area contributed by atoms with Crippen LogP contribution >= 0.6 is 11.3 Å². The average Bonchev–Trinajstić information content (AvgIpc) is 3.18. The van der Waals surface area contributed by atoms with Gasteiger partial charge in [-0.05, 0) is 41.1 Å². The summed E-state index contributed by atoms with van der Waals surface area (Å²) in [5, 5.41) is 13.9. The van der Waals surface area contributed by atoms with Crippen LogP contribution < -0.4 is 16.8 Å². The molecule has 27 heavy (non-hydrogen) atoms. The van der Waals surface area contributed by atoms with Gasteiger partial charge in [0.25, 0.3) is 0 Å². The monoisotopic (exact) mass is 386 g/mol. The number of hydrogen-bond acceptors (Lipinski definition) is 7. The molecule has 6 N–H and O–H groups in total. The van der Waals surface area contributed by atoms with Gasteiger partial charge in [-0.25, -0.2) is 4.98 Å². The molecule has 2 amide bonds. The van der Waals surface area contributed by atoms with Crippen LogP contribution in [0.15, 0.2) is 23.0 Å². The Morgan fingerprint density at radius 2 is 2.19 bits per heavy atom. The van der Waals surface area contributed by atoms with Crippen molar-refractivity contribution in [2.75, 3.05) is 23.3 Å².